The number of hydrogen-bond donors (Lipinski definition) is 2. The maximum absolute atomic E-state index is 12.3. The summed E-state index contributed by atoms with van der Waals surface area (Å²) in [4.78, 5) is 22.3. The van der Waals surface area contributed by atoms with Crippen LogP contribution < -0.4 is 15.4 Å². The van der Waals surface area contributed by atoms with Crippen molar-refractivity contribution in [3.05, 3.63) is 58.6 Å². The Balaban J connectivity index is 1.64. The Bertz CT molecular complexity index is 1010. The number of benzene rings is 1. The molecule has 1 aromatic carbocycles. The van der Waals surface area contributed by atoms with E-state index in [1.54, 1.807) is 36.4 Å². The number of pyridine rings is 1. The minimum Gasteiger partial charge on any atom is -0.496 e. The molecule has 4 rings (SSSR count). The quantitative estimate of drug-likeness (QED) is 0.531. The molecule has 6 nitrogen and oxygen atoms in total. The molecule has 2 N–H and O–H groups in total. The van der Waals surface area contributed by atoms with Crippen molar-refractivity contribution >= 4 is 40.0 Å². The van der Waals surface area contributed by atoms with Crippen LogP contribution in [-0.4, -0.2) is 29.5 Å². The van der Waals surface area contributed by atoms with E-state index in [-0.39, 0.29) is 11.8 Å². The Morgan fingerprint density at radius 3 is 3.00 bits per heavy atom. The predicted molar refractivity (Wildman–Crippen MR) is 118 cm³/mol. The molecule has 0 aliphatic carbocycles. The maximum atomic E-state index is 12.3. The Labute approximate surface area is 178 Å². The Hall–Kier alpha value is -2.58. The van der Waals surface area contributed by atoms with E-state index in [2.05, 4.69) is 26.7 Å². The van der Waals surface area contributed by atoms with Crippen molar-refractivity contribution in [3.8, 4) is 5.75 Å². The number of rotatable bonds is 7. The number of ether oxygens (including phenoxy) is 1. The number of fused-ring (bicyclic) bond motifs is 1. The highest BCUT2D eigenvalue weighted by atomic mass is 32.2. The molecule has 0 spiro atoms. The molecule has 0 bridgehead atoms. The minimum absolute atomic E-state index is 0.00363. The zero-order chi connectivity index (χ0) is 20.2. The fourth-order valence-electron chi connectivity index (χ4n) is 3.33. The highest BCUT2D eigenvalue weighted by molar-refractivity contribution is 7.98. The van der Waals surface area contributed by atoms with Crippen molar-refractivity contribution in [3.63, 3.8) is 0 Å². The Kier molecular flexibility index (Phi) is 6.01. The molecule has 2 aromatic heterocycles. The topological polar surface area (TPSA) is 76.1 Å². The predicted octanol–water partition coefficient (Wildman–Crippen LogP) is 4.74. The molecule has 1 amide bonds. The second-order valence-corrected chi connectivity index (χ2v) is 8.62. The number of carbonyl (C=O) groups is 1. The van der Waals surface area contributed by atoms with Crippen LogP contribution in [0, 0.1) is 0 Å². The summed E-state index contributed by atoms with van der Waals surface area (Å²) in [6, 6.07) is 12.1. The summed E-state index contributed by atoms with van der Waals surface area (Å²) < 4.78 is 5.57. The number of anilines is 2. The van der Waals surface area contributed by atoms with Gasteiger partial charge in [0.15, 0.2) is 5.13 Å². The molecule has 29 heavy (non-hydrogen) atoms. The molecule has 3 heterocycles. The zero-order valence-electron chi connectivity index (χ0n) is 16.3. The van der Waals surface area contributed by atoms with E-state index in [0.29, 0.717) is 12.2 Å². The van der Waals surface area contributed by atoms with Gasteiger partial charge in [-0.2, -0.15) is 0 Å². The molecule has 0 saturated heterocycles. The van der Waals surface area contributed by atoms with Crippen LogP contribution in [0.3, 0.4) is 0 Å². The van der Waals surface area contributed by atoms with Crippen LogP contribution in [0.25, 0.3) is 0 Å². The normalized spacial score (nSPS) is 15.5. The van der Waals surface area contributed by atoms with Gasteiger partial charge in [0.2, 0.25) is 5.91 Å². The SMILES string of the molecule is CCNc1nc2c(s1)[C@H](c1ccc(OC)c(CSc3ccccn3)c1)CC(=O)N2. The number of nitrogens with one attached hydrogen (secondary N) is 2. The van der Waals surface area contributed by atoms with Crippen molar-refractivity contribution in [1.82, 2.24) is 9.97 Å². The first-order valence-corrected chi connectivity index (χ1v) is 11.2. The molecule has 0 radical (unpaired) electrons. The smallest absolute Gasteiger partial charge is 0.226 e. The molecule has 0 fully saturated rings. The molecule has 150 valence electrons. The van der Waals surface area contributed by atoms with Crippen molar-refractivity contribution in [2.45, 2.75) is 30.0 Å². The van der Waals surface area contributed by atoms with Crippen molar-refractivity contribution < 1.29 is 9.53 Å². The van der Waals surface area contributed by atoms with Crippen molar-refractivity contribution in [1.29, 1.82) is 0 Å². The van der Waals surface area contributed by atoms with Gasteiger partial charge in [0.1, 0.15) is 11.6 Å². The number of hydrogen-bond acceptors (Lipinski definition) is 7. The molecular weight excluding hydrogens is 404 g/mol. The fourth-order valence-corrected chi connectivity index (χ4v) is 5.28. The summed E-state index contributed by atoms with van der Waals surface area (Å²) in [6.07, 6.45) is 2.21. The molecule has 1 aliphatic heterocycles. The average molecular weight is 427 g/mol. The van der Waals surface area contributed by atoms with Crippen LogP contribution in [0.1, 0.15) is 35.3 Å². The van der Waals surface area contributed by atoms with E-state index in [1.165, 1.54) is 0 Å². The lowest BCUT2D eigenvalue weighted by Gasteiger charge is -2.22. The lowest BCUT2D eigenvalue weighted by Crippen LogP contribution is -2.22. The van der Waals surface area contributed by atoms with E-state index in [0.717, 1.165) is 44.2 Å². The molecule has 8 heteroatoms. The van der Waals surface area contributed by atoms with Crippen LogP contribution in [0.2, 0.25) is 0 Å². The summed E-state index contributed by atoms with van der Waals surface area (Å²) in [5.41, 5.74) is 2.19. The second kappa shape index (κ2) is 8.84. The number of thiazole rings is 1. The molecule has 0 unspecified atom stereocenters. The second-order valence-electron chi connectivity index (χ2n) is 6.60. The third kappa shape index (κ3) is 4.38. The van der Waals surface area contributed by atoms with Crippen LogP contribution in [0.4, 0.5) is 10.9 Å². The summed E-state index contributed by atoms with van der Waals surface area (Å²) in [5, 5.41) is 7.96. The lowest BCUT2D eigenvalue weighted by molar-refractivity contribution is -0.116. The van der Waals surface area contributed by atoms with Crippen molar-refractivity contribution in [2.75, 3.05) is 24.3 Å². The number of thioether (sulfide) groups is 1. The van der Waals surface area contributed by atoms with E-state index in [1.807, 2.05) is 37.3 Å². The fraction of sp³-hybridized carbons (Fsp3) is 0.286. The first-order chi connectivity index (χ1) is 14.2. The first-order valence-electron chi connectivity index (χ1n) is 9.43. The summed E-state index contributed by atoms with van der Waals surface area (Å²) in [6.45, 7) is 2.83. The zero-order valence-corrected chi connectivity index (χ0v) is 17.9. The largest absolute Gasteiger partial charge is 0.496 e. The van der Waals surface area contributed by atoms with Gasteiger partial charge in [0.25, 0.3) is 0 Å². The van der Waals surface area contributed by atoms with Gasteiger partial charge in [-0.05, 0) is 30.7 Å². The first kappa shape index (κ1) is 19.7. The average Bonchev–Trinajstić information content (AvgIpc) is 3.14. The van der Waals surface area contributed by atoms with Gasteiger partial charge in [-0.3, -0.25) is 4.79 Å². The number of methoxy groups -OCH3 is 1. The van der Waals surface area contributed by atoms with Gasteiger partial charge in [-0.15, -0.1) is 11.8 Å². The number of carbonyl (C=O) groups excluding carboxylic acids is 1. The highest BCUT2D eigenvalue weighted by Crippen LogP contribution is 2.43. The summed E-state index contributed by atoms with van der Waals surface area (Å²) >= 11 is 3.27. The van der Waals surface area contributed by atoms with Gasteiger partial charge >= 0.3 is 0 Å². The molecule has 0 saturated carbocycles. The van der Waals surface area contributed by atoms with Gasteiger partial charge in [0, 0.05) is 36.4 Å². The number of amides is 1. The van der Waals surface area contributed by atoms with E-state index >= 15 is 0 Å². The van der Waals surface area contributed by atoms with Crippen LogP contribution >= 0.6 is 23.1 Å². The monoisotopic (exact) mass is 426 g/mol. The van der Waals surface area contributed by atoms with Gasteiger partial charge in [0.05, 0.1) is 17.0 Å². The highest BCUT2D eigenvalue weighted by Gasteiger charge is 2.30. The lowest BCUT2D eigenvalue weighted by atomic mass is 9.90. The third-order valence-corrected chi connectivity index (χ3v) is 6.78. The van der Waals surface area contributed by atoms with Crippen molar-refractivity contribution in [2.24, 2.45) is 0 Å². The maximum Gasteiger partial charge on any atom is 0.226 e. The van der Waals surface area contributed by atoms with E-state index < -0.39 is 0 Å². The Morgan fingerprint density at radius 2 is 2.24 bits per heavy atom. The standard InChI is InChI=1S/C21H22N4O2S2/c1-3-22-21-25-20-19(29-21)15(11-17(26)24-20)13-7-8-16(27-2)14(10-13)12-28-18-6-4-5-9-23-18/h4-10,15H,3,11-12H2,1-2H3,(H,22,25)(H,24,26)/t15-/m0/s1. The van der Waals surface area contributed by atoms with Gasteiger partial charge in [-0.1, -0.05) is 29.5 Å². The minimum atomic E-state index is -0.00633. The molecule has 3 aromatic rings. The van der Waals surface area contributed by atoms with Gasteiger partial charge < -0.3 is 15.4 Å². The molecule has 1 atom stereocenters. The molecule has 1 aliphatic rings. The Morgan fingerprint density at radius 1 is 1.34 bits per heavy atom. The van der Waals surface area contributed by atoms with Crippen LogP contribution in [0.5, 0.6) is 5.75 Å². The van der Waals surface area contributed by atoms with Crippen LogP contribution in [-0.2, 0) is 10.5 Å². The van der Waals surface area contributed by atoms with E-state index in [4.69, 9.17) is 4.74 Å². The number of aromatic nitrogens is 2. The number of nitrogens with zero attached hydrogens (tertiary/aromatic N) is 2. The van der Waals surface area contributed by atoms with E-state index in [9.17, 15) is 4.79 Å². The third-order valence-electron chi connectivity index (χ3n) is 4.67. The van der Waals surface area contributed by atoms with Crippen LogP contribution in [0.15, 0.2) is 47.6 Å². The van der Waals surface area contributed by atoms with Gasteiger partial charge in [-0.25, -0.2) is 9.97 Å². The molecular formula is C21H22N4O2S2. The summed E-state index contributed by atoms with van der Waals surface area (Å²) in [7, 11) is 1.68. The summed E-state index contributed by atoms with van der Waals surface area (Å²) in [5.74, 6) is 2.25.